The molecule has 4 nitrogen and oxygen atoms in total. The Morgan fingerprint density at radius 3 is 2.29 bits per heavy atom. The van der Waals surface area contributed by atoms with Crippen LogP contribution in [0.4, 0.5) is 5.69 Å². The number of nitrogens with zero attached hydrogens (tertiary/aromatic N) is 1. The SMILES string of the molecule is C=CC(=O)OCCCCCCOc1ccc(C=Nc2ccc(C3CCC(CCC)CC3)cc2)cc1. The van der Waals surface area contributed by atoms with Crippen molar-refractivity contribution in [3.8, 4) is 5.75 Å². The number of carbonyl (C=O) groups excluding carboxylic acids is 1. The van der Waals surface area contributed by atoms with Gasteiger partial charge in [-0.25, -0.2) is 4.79 Å². The van der Waals surface area contributed by atoms with E-state index in [0.717, 1.165) is 54.5 Å². The molecular formula is C31H41NO3. The van der Waals surface area contributed by atoms with Crippen LogP contribution in [-0.4, -0.2) is 25.4 Å². The predicted molar refractivity (Wildman–Crippen MR) is 145 cm³/mol. The van der Waals surface area contributed by atoms with Crippen LogP contribution in [-0.2, 0) is 9.53 Å². The molecule has 1 saturated carbocycles. The summed E-state index contributed by atoms with van der Waals surface area (Å²) in [6.07, 6.45) is 15.2. The lowest BCUT2D eigenvalue weighted by Gasteiger charge is -2.28. The number of esters is 1. The van der Waals surface area contributed by atoms with Crippen molar-refractivity contribution in [3.05, 3.63) is 72.3 Å². The van der Waals surface area contributed by atoms with E-state index in [4.69, 9.17) is 9.47 Å². The molecule has 0 atom stereocenters. The molecule has 0 heterocycles. The Morgan fingerprint density at radius 2 is 1.63 bits per heavy atom. The minimum Gasteiger partial charge on any atom is -0.494 e. The van der Waals surface area contributed by atoms with Gasteiger partial charge in [0.2, 0.25) is 0 Å². The number of ether oxygens (including phenoxy) is 2. The Morgan fingerprint density at radius 1 is 0.943 bits per heavy atom. The number of aliphatic imine (C=N–C) groups is 1. The first-order chi connectivity index (χ1) is 17.2. The van der Waals surface area contributed by atoms with Gasteiger partial charge in [-0.05, 0) is 111 Å². The molecule has 0 amide bonds. The van der Waals surface area contributed by atoms with E-state index in [1.807, 2.05) is 30.5 Å². The minimum atomic E-state index is -0.352. The van der Waals surface area contributed by atoms with E-state index in [2.05, 4.69) is 42.8 Å². The predicted octanol–water partition coefficient (Wildman–Crippen LogP) is 8.18. The molecular weight excluding hydrogens is 434 g/mol. The Bertz CT molecular complexity index is 909. The first-order valence-electron chi connectivity index (χ1n) is 13.3. The number of benzene rings is 2. The van der Waals surface area contributed by atoms with E-state index in [0.29, 0.717) is 13.2 Å². The molecule has 0 N–H and O–H groups in total. The molecule has 2 aromatic rings. The summed E-state index contributed by atoms with van der Waals surface area (Å²) in [7, 11) is 0. The molecule has 0 aliphatic heterocycles. The molecule has 0 bridgehead atoms. The summed E-state index contributed by atoms with van der Waals surface area (Å²) in [5, 5.41) is 0. The third kappa shape index (κ3) is 9.71. The van der Waals surface area contributed by atoms with Crippen LogP contribution in [0.15, 0.2) is 66.2 Å². The zero-order valence-electron chi connectivity index (χ0n) is 21.3. The highest BCUT2D eigenvalue weighted by Gasteiger charge is 2.21. The Hall–Kier alpha value is -2.88. The van der Waals surface area contributed by atoms with Crippen molar-refractivity contribution < 1.29 is 14.3 Å². The second kappa shape index (κ2) is 15.2. The maximum Gasteiger partial charge on any atom is 0.330 e. The Labute approximate surface area is 211 Å². The highest BCUT2D eigenvalue weighted by Crippen LogP contribution is 2.37. The van der Waals surface area contributed by atoms with Gasteiger partial charge in [-0.2, -0.15) is 0 Å². The molecule has 4 heteroatoms. The zero-order valence-corrected chi connectivity index (χ0v) is 21.3. The molecule has 1 aliphatic rings. The van der Waals surface area contributed by atoms with Gasteiger partial charge in [0.25, 0.3) is 0 Å². The van der Waals surface area contributed by atoms with E-state index in [1.54, 1.807) is 0 Å². The van der Waals surface area contributed by atoms with Crippen LogP contribution in [0.25, 0.3) is 0 Å². The third-order valence-corrected chi connectivity index (χ3v) is 6.87. The summed E-state index contributed by atoms with van der Waals surface area (Å²) in [5.74, 6) is 2.19. The number of carbonyl (C=O) groups is 1. The molecule has 2 aromatic carbocycles. The smallest absolute Gasteiger partial charge is 0.330 e. The molecule has 35 heavy (non-hydrogen) atoms. The summed E-state index contributed by atoms with van der Waals surface area (Å²) < 4.78 is 10.8. The summed E-state index contributed by atoms with van der Waals surface area (Å²) >= 11 is 0. The van der Waals surface area contributed by atoms with Gasteiger partial charge in [-0.1, -0.05) is 38.5 Å². The molecule has 3 rings (SSSR count). The molecule has 0 aromatic heterocycles. The number of rotatable bonds is 14. The van der Waals surface area contributed by atoms with Gasteiger partial charge in [-0.15, -0.1) is 0 Å². The fourth-order valence-electron chi connectivity index (χ4n) is 4.80. The second-order valence-corrected chi connectivity index (χ2v) is 9.56. The van der Waals surface area contributed by atoms with Gasteiger partial charge in [0.1, 0.15) is 5.75 Å². The van der Waals surface area contributed by atoms with Gasteiger partial charge in [-0.3, -0.25) is 4.99 Å². The van der Waals surface area contributed by atoms with Crippen molar-refractivity contribution in [2.24, 2.45) is 10.9 Å². The molecule has 0 radical (unpaired) electrons. The fourth-order valence-corrected chi connectivity index (χ4v) is 4.80. The van der Waals surface area contributed by atoms with Crippen LogP contribution < -0.4 is 4.74 Å². The average molecular weight is 476 g/mol. The second-order valence-electron chi connectivity index (χ2n) is 9.56. The zero-order chi connectivity index (χ0) is 24.7. The van der Waals surface area contributed by atoms with Gasteiger partial charge in [0, 0.05) is 12.3 Å². The molecule has 1 aliphatic carbocycles. The van der Waals surface area contributed by atoms with E-state index in [-0.39, 0.29) is 5.97 Å². The lowest BCUT2D eigenvalue weighted by atomic mass is 9.77. The summed E-state index contributed by atoms with van der Waals surface area (Å²) in [6.45, 7) is 6.83. The maximum absolute atomic E-state index is 11.0. The van der Waals surface area contributed by atoms with Gasteiger partial charge < -0.3 is 9.47 Å². The molecule has 0 unspecified atom stereocenters. The third-order valence-electron chi connectivity index (χ3n) is 6.87. The van der Waals surface area contributed by atoms with E-state index < -0.39 is 0 Å². The summed E-state index contributed by atoms with van der Waals surface area (Å²) in [6, 6.07) is 16.9. The average Bonchev–Trinajstić information content (AvgIpc) is 2.90. The Kier molecular flexibility index (Phi) is 11.6. The topological polar surface area (TPSA) is 47.9 Å². The molecule has 0 saturated heterocycles. The van der Waals surface area contributed by atoms with Crippen LogP contribution in [0.5, 0.6) is 5.75 Å². The molecule has 0 spiro atoms. The first kappa shape index (κ1) is 26.7. The van der Waals surface area contributed by atoms with Crippen LogP contribution in [0.1, 0.15) is 88.2 Å². The van der Waals surface area contributed by atoms with E-state index in [9.17, 15) is 4.79 Å². The maximum atomic E-state index is 11.0. The van der Waals surface area contributed by atoms with Crippen LogP contribution in [0, 0.1) is 5.92 Å². The fraction of sp³-hybridized carbons (Fsp3) is 0.484. The van der Waals surface area contributed by atoms with Gasteiger partial charge >= 0.3 is 5.97 Å². The van der Waals surface area contributed by atoms with Crippen LogP contribution >= 0.6 is 0 Å². The quantitative estimate of drug-likeness (QED) is 0.120. The van der Waals surface area contributed by atoms with Crippen LogP contribution in [0.2, 0.25) is 0 Å². The van der Waals surface area contributed by atoms with Crippen LogP contribution in [0.3, 0.4) is 0 Å². The monoisotopic (exact) mass is 475 g/mol. The van der Waals surface area contributed by atoms with Crippen molar-refractivity contribution >= 4 is 17.9 Å². The van der Waals surface area contributed by atoms with Crippen molar-refractivity contribution in [3.63, 3.8) is 0 Å². The molecule has 1 fully saturated rings. The molecule has 188 valence electrons. The van der Waals surface area contributed by atoms with Crippen molar-refractivity contribution in [1.29, 1.82) is 0 Å². The standard InChI is InChI=1S/C31H41NO3/c1-3-9-25-10-14-27(15-11-25)28-16-18-29(19-17-28)32-24-26-12-20-30(21-13-26)34-22-7-5-6-8-23-35-31(33)4-2/h4,12-13,16-21,24-25,27H,2-3,5-11,14-15,22-23H2,1H3. The highest BCUT2D eigenvalue weighted by atomic mass is 16.5. The minimum absolute atomic E-state index is 0.352. The van der Waals surface area contributed by atoms with Crippen molar-refractivity contribution in [2.45, 2.75) is 77.0 Å². The number of hydrogen-bond acceptors (Lipinski definition) is 4. The van der Waals surface area contributed by atoms with E-state index in [1.165, 1.54) is 50.2 Å². The lowest BCUT2D eigenvalue weighted by Crippen LogP contribution is -2.13. The van der Waals surface area contributed by atoms with Gasteiger partial charge in [0.15, 0.2) is 0 Å². The largest absolute Gasteiger partial charge is 0.494 e. The van der Waals surface area contributed by atoms with Gasteiger partial charge in [0.05, 0.1) is 18.9 Å². The number of hydrogen-bond donors (Lipinski definition) is 0. The summed E-state index contributed by atoms with van der Waals surface area (Å²) in [4.78, 5) is 15.6. The summed E-state index contributed by atoms with van der Waals surface area (Å²) in [5.41, 5.74) is 3.52. The van der Waals surface area contributed by atoms with Crippen molar-refractivity contribution in [1.82, 2.24) is 0 Å². The van der Waals surface area contributed by atoms with Crippen molar-refractivity contribution in [2.75, 3.05) is 13.2 Å². The number of unbranched alkanes of at least 4 members (excludes halogenated alkanes) is 3. The Balaban J connectivity index is 1.34. The highest BCUT2D eigenvalue weighted by molar-refractivity contribution is 5.82. The first-order valence-corrected chi connectivity index (χ1v) is 13.3. The normalized spacial score (nSPS) is 17.9. The lowest BCUT2D eigenvalue weighted by molar-refractivity contribution is -0.137. The van der Waals surface area contributed by atoms with E-state index >= 15 is 0 Å².